The minimum absolute atomic E-state index is 0.126. The van der Waals surface area contributed by atoms with Crippen molar-refractivity contribution >= 4 is 58.2 Å². The molecule has 0 fully saturated rings. The van der Waals surface area contributed by atoms with Gasteiger partial charge in [0.2, 0.25) is 0 Å². The Labute approximate surface area is 176 Å². The minimum atomic E-state index is -0.240. The summed E-state index contributed by atoms with van der Waals surface area (Å²) < 4.78 is 24.1. The van der Waals surface area contributed by atoms with E-state index in [2.05, 4.69) is 0 Å². The summed E-state index contributed by atoms with van der Waals surface area (Å²) in [5, 5.41) is 0.722. The molecule has 0 bridgehead atoms. The normalized spacial score (nSPS) is 10.5. The van der Waals surface area contributed by atoms with Gasteiger partial charge in [0.25, 0.3) is 0 Å². The van der Waals surface area contributed by atoms with E-state index in [9.17, 15) is 4.39 Å². The molecular formula is C18H15Cl4FO2S. The molecule has 0 aliphatic carbocycles. The summed E-state index contributed by atoms with van der Waals surface area (Å²) in [6.45, 7) is 0.661. The van der Waals surface area contributed by atoms with Crippen LogP contribution in [0.3, 0.4) is 0 Å². The molecule has 8 heteroatoms. The number of halogens is 5. The average molecular weight is 456 g/mol. The lowest BCUT2D eigenvalue weighted by molar-refractivity contribution is 0.317. The van der Waals surface area contributed by atoms with Gasteiger partial charge in [-0.25, -0.2) is 4.39 Å². The first-order valence-electron chi connectivity index (χ1n) is 7.60. The summed E-state index contributed by atoms with van der Waals surface area (Å²) in [6.07, 6.45) is 2.29. The number of thioether (sulfide) groups is 1. The van der Waals surface area contributed by atoms with Gasteiger partial charge in [-0.15, -0.1) is 11.8 Å². The maximum absolute atomic E-state index is 12.8. The fourth-order valence-corrected chi connectivity index (χ4v) is 3.44. The van der Waals surface area contributed by atoms with Crippen LogP contribution in [0, 0.1) is 5.82 Å². The predicted molar refractivity (Wildman–Crippen MR) is 109 cm³/mol. The van der Waals surface area contributed by atoms with Crippen LogP contribution in [0.4, 0.5) is 4.39 Å². The topological polar surface area (TPSA) is 18.5 Å². The van der Waals surface area contributed by atoms with Crippen LogP contribution in [0.25, 0.3) is 0 Å². The first kappa shape index (κ1) is 21.5. The van der Waals surface area contributed by atoms with Gasteiger partial charge in [-0.2, -0.15) is 0 Å². The molecule has 0 radical (unpaired) electrons. The number of benzene rings is 2. The van der Waals surface area contributed by atoms with E-state index in [1.165, 1.54) is 18.2 Å². The van der Waals surface area contributed by atoms with Crippen LogP contribution in [0.5, 0.6) is 11.5 Å². The molecule has 2 aromatic carbocycles. The summed E-state index contributed by atoms with van der Waals surface area (Å²) in [5.74, 6) is 1.49. The van der Waals surface area contributed by atoms with Gasteiger partial charge in [-0.3, -0.25) is 0 Å². The Balaban J connectivity index is 1.79. The summed E-state index contributed by atoms with van der Waals surface area (Å²) in [6, 6.07) is 9.62. The Morgan fingerprint density at radius 2 is 1.69 bits per heavy atom. The Morgan fingerprint density at radius 1 is 1.04 bits per heavy atom. The highest BCUT2D eigenvalue weighted by molar-refractivity contribution is 7.99. The van der Waals surface area contributed by atoms with Crippen molar-refractivity contribution < 1.29 is 13.9 Å². The van der Waals surface area contributed by atoms with Crippen molar-refractivity contribution in [1.29, 1.82) is 0 Å². The molecule has 0 aliphatic heterocycles. The third kappa shape index (κ3) is 7.45. The Morgan fingerprint density at radius 3 is 2.31 bits per heavy atom. The van der Waals surface area contributed by atoms with Gasteiger partial charge < -0.3 is 9.47 Å². The number of hydrogen-bond donors (Lipinski definition) is 0. The maximum Gasteiger partial charge on any atom is 0.156 e. The smallest absolute Gasteiger partial charge is 0.156 e. The summed E-state index contributed by atoms with van der Waals surface area (Å²) in [7, 11) is 0. The van der Waals surface area contributed by atoms with E-state index < -0.39 is 0 Å². The van der Waals surface area contributed by atoms with Crippen molar-refractivity contribution in [1.82, 2.24) is 0 Å². The molecule has 2 rings (SSSR count). The third-order valence-electron chi connectivity index (χ3n) is 3.08. The zero-order valence-corrected chi connectivity index (χ0v) is 17.3. The molecule has 0 saturated heterocycles. The molecule has 0 atom stereocenters. The number of ether oxygens (including phenoxy) is 2. The molecule has 0 saturated carbocycles. The van der Waals surface area contributed by atoms with E-state index in [0.717, 1.165) is 17.1 Å². The van der Waals surface area contributed by atoms with Crippen LogP contribution in [-0.2, 0) is 0 Å². The quantitative estimate of drug-likeness (QED) is 0.290. The Kier molecular flexibility index (Phi) is 9.23. The summed E-state index contributed by atoms with van der Waals surface area (Å²) in [5.41, 5.74) is 0. The fraction of sp³-hybridized carbons (Fsp3) is 0.222. The zero-order valence-electron chi connectivity index (χ0n) is 13.5. The van der Waals surface area contributed by atoms with Gasteiger partial charge in [0.15, 0.2) is 5.75 Å². The van der Waals surface area contributed by atoms with Gasteiger partial charge in [0.05, 0.1) is 16.7 Å². The monoisotopic (exact) mass is 454 g/mol. The Hall–Kier alpha value is -0.780. The van der Waals surface area contributed by atoms with E-state index in [1.54, 1.807) is 36.0 Å². The van der Waals surface area contributed by atoms with Gasteiger partial charge >= 0.3 is 0 Å². The average Bonchev–Trinajstić information content (AvgIpc) is 2.58. The first-order chi connectivity index (χ1) is 12.5. The molecule has 0 aliphatic rings. The molecule has 0 N–H and O–H groups in total. The highest BCUT2D eigenvalue weighted by atomic mass is 35.5. The Bertz CT molecular complexity index is 726. The van der Waals surface area contributed by atoms with Gasteiger partial charge in [0.1, 0.15) is 22.7 Å². The van der Waals surface area contributed by atoms with Crippen molar-refractivity contribution in [3.05, 3.63) is 62.8 Å². The van der Waals surface area contributed by atoms with E-state index in [0.29, 0.717) is 28.2 Å². The van der Waals surface area contributed by atoms with Crippen molar-refractivity contribution in [2.24, 2.45) is 0 Å². The lowest BCUT2D eigenvalue weighted by Crippen LogP contribution is -2.01. The van der Waals surface area contributed by atoms with E-state index in [4.69, 9.17) is 55.9 Å². The van der Waals surface area contributed by atoms with Crippen LogP contribution in [0.15, 0.2) is 51.9 Å². The van der Waals surface area contributed by atoms with Crippen molar-refractivity contribution in [2.75, 3.05) is 19.0 Å². The summed E-state index contributed by atoms with van der Waals surface area (Å²) >= 11 is 25.1. The highest BCUT2D eigenvalue weighted by Gasteiger charge is 2.10. The second kappa shape index (κ2) is 11.2. The van der Waals surface area contributed by atoms with Crippen LogP contribution in [0.2, 0.25) is 10.0 Å². The van der Waals surface area contributed by atoms with Crippen molar-refractivity contribution in [3.63, 3.8) is 0 Å². The second-order valence-corrected chi connectivity index (χ2v) is 8.02. The van der Waals surface area contributed by atoms with Crippen molar-refractivity contribution in [2.45, 2.75) is 11.3 Å². The largest absolute Gasteiger partial charge is 0.490 e. The first-order valence-corrected chi connectivity index (χ1v) is 10.1. The zero-order chi connectivity index (χ0) is 18.9. The number of rotatable bonds is 9. The molecule has 0 spiro atoms. The molecule has 26 heavy (non-hydrogen) atoms. The minimum Gasteiger partial charge on any atom is -0.490 e. The van der Waals surface area contributed by atoms with Crippen LogP contribution in [-0.4, -0.2) is 19.0 Å². The van der Waals surface area contributed by atoms with Gasteiger partial charge in [-0.1, -0.05) is 46.4 Å². The fourth-order valence-electron chi connectivity index (χ4n) is 1.91. The van der Waals surface area contributed by atoms with E-state index >= 15 is 0 Å². The molecule has 0 unspecified atom stereocenters. The maximum atomic E-state index is 12.8. The van der Waals surface area contributed by atoms with E-state index in [-0.39, 0.29) is 16.9 Å². The van der Waals surface area contributed by atoms with E-state index in [1.807, 2.05) is 0 Å². The lowest BCUT2D eigenvalue weighted by Gasteiger charge is -2.12. The highest BCUT2D eigenvalue weighted by Crippen LogP contribution is 2.37. The molecule has 0 aromatic heterocycles. The molecule has 0 heterocycles. The summed E-state index contributed by atoms with van der Waals surface area (Å²) in [4.78, 5) is 1.01. The third-order valence-corrected chi connectivity index (χ3v) is 5.05. The second-order valence-electron chi connectivity index (χ2n) is 5.03. The number of hydrogen-bond acceptors (Lipinski definition) is 3. The SMILES string of the molecule is Fc1ccc(SCCCOc2c(Cl)cc(OCC=C(Cl)Cl)cc2Cl)cc1. The van der Waals surface area contributed by atoms with Crippen LogP contribution >= 0.6 is 58.2 Å². The predicted octanol–water partition coefficient (Wildman–Crippen LogP) is 7.39. The van der Waals surface area contributed by atoms with Crippen molar-refractivity contribution in [3.8, 4) is 11.5 Å². The van der Waals surface area contributed by atoms with Gasteiger partial charge in [-0.05, 0) is 36.8 Å². The van der Waals surface area contributed by atoms with Crippen LogP contribution in [0.1, 0.15) is 6.42 Å². The molecule has 2 aromatic rings. The lowest BCUT2D eigenvalue weighted by atomic mass is 10.3. The standard InChI is InChI=1S/C18H15Cl4FO2S/c19-15-10-13(24-8-6-17(21)22)11-16(20)18(15)25-7-1-9-26-14-4-2-12(23)3-5-14/h2-6,10-11H,1,7-9H2. The van der Waals surface area contributed by atoms with Crippen LogP contribution < -0.4 is 9.47 Å². The van der Waals surface area contributed by atoms with Gasteiger partial charge in [0, 0.05) is 22.8 Å². The molecule has 140 valence electrons. The molecule has 2 nitrogen and oxygen atoms in total. The molecule has 0 amide bonds. The molecular weight excluding hydrogens is 441 g/mol.